The number of hydrogen-bond acceptors (Lipinski definition) is 3. The molecule has 3 nitrogen and oxygen atoms in total. The second-order valence-electron chi connectivity index (χ2n) is 4.55. The highest BCUT2D eigenvalue weighted by Crippen LogP contribution is 2.29. The number of rotatable bonds is 4. The van der Waals surface area contributed by atoms with Crippen molar-refractivity contribution < 1.29 is 23.0 Å². The van der Waals surface area contributed by atoms with Crippen LogP contribution in [0.3, 0.4) is 0 Å². The van der Waals surface area contributed by atoms with Crippen molar-refractivity contribution in [2.24, 2.45) is 0 Å². The smallest absolute Gasteiger partial charge is 0.416 e. The van der Waals surface area contributed by atoms with Gasteiger partial charge in [-0.3, -0.25) is 0 Å². The Hall–Kier alpha value is -2.08. The molecule has 0 aliphatic rings. The molecule has 0 fully saturated rings. The summed E-state index contributed by atoms with van der Waals surface area (Å²) >= 11 is 0. The SMILES string of the molecule is COc1ccc(C(O)Cc2ccc(C(F)(F)F)cc2)cn1. The van der Waals surface area contributed by atoms with Gasteiger partial charge in [-0.15, -0.1) is 0 Å². The maximum Gasteiger partial charge on any atom is 0.416 e. The Kier molecular flexibility index (Phi) is 4.47. The first kappa shape index (κ1) is 15.3. The van der Waals surface area contributed by atoms with Crippen LogP contribution < -0.4 is 4.74 Å². The number of methoxy groups -OCH3 is 1. The summed E-state index contributed by atoms with van der Waals surface area (Å²) in [6, 6.07) is 8.03. The van der Waals surface area contributed by atoms with E-state index in [0.717, 1.165) is 12.1 Å². The summed E-state index contributed by atoms with van der Waals surface area (Å²) in [7, 11) is 1.49. The minimum Gasteiger partial charge on any atom is -0.481 e. The third kappa shape index (κ3) is 3.95. The number of aromatic nitrogens is 1. The van der Waals surface area contributed by atoms with Gasteiger partial charge in [0.2, 0.25) is 5.88 Å². The number of benzene rings is 1. The largest absolute Gasteiger partial charge is 0.481 e. The number of hydrogen-bond donors (Lipinski definition) is 1. The maximum atomic E-state index is 12.4. The van der Waals surface area contributed by atoms with Crippen molar-refractivity contribution in [1.29, 1.82) is 0 Å². The van der Waals surface area contributed by atoms with Crippen LogP contribution in [0.1, 0.15) is 22.8 Å². The molecule has 0 aliphatic heterocycles. The van der Waals surface area contributed by atoms with Crippen LogP contribution in [-0.4, -0.2) is 17.2 Å². The Morgan fingerprint density at radius 3 is 2.29 bits per heavy atom. The quantitative estimate of drug-likeness (QED) is 0.940. The van der Waals surface area contributed by atoms with Crippen LogP contribution in [0.25, 0.3) is 0 Å². The molecule has 1 aromatic carbocycles. The van der Waals surface area contributed by atoms with Gasteiger partial charge in [0.1, 0.15) is 0 Å². The van der Waals surface area contributed by atoms with Crippen LogP contribution in [-0.2, 0) is 12.6 Å². The third-order valence-corrected chi connectivity index (χ3v) is 3.06. The van der Waals surface area contributed by atoms with E-state index >= 15 is 0 Å². The Balaban J connectivity index is 2.06. The van der Waals surface area contributed by atoms with E-state index in [1.165, 1.54) is 25.4 Å². The van der Waals surface area contributed by atoms with E-state index in [4.69, 9.17) is 4.74 Å². The van der Waals surface area contributed by atoms with E-state index in [-0.39, 0.29) is 6.42 Å². The molecule has 0 saturated carbocycles. The minimum atomic E-state index is -4.35. The molecule has 0 radical (unpaired) electrons. The first-order valence-electron chi connectivity index (χ1n) is 6.24. The van der Waals surface area contributed by atoms with Gasteiger partial charge in [0.05, 0.1) is 18.8 Å². The highest BCUT2D eigenvalue weighted by Gasteiger charge is 2.29. The lowest BCUT2D eigenvalue weighted by atomic mass is 10.0. The molecule has 1 heterocycles. The monoisotopic (exact) mass is 297 g/mol. The highest BCUT2D eigenvalue weighted by molar-refractivity contribution is 5.27. The lowest BCUT2D eigenvalue weighted by Crippen LogP contribution is -2.06. The van der Waals surface area contributed by atoms with E-state index in [1.807, 2.05) is 0 Å². The topological polar surface area (TPSA) is 42.4 Å². The van der Waals surface area contributed by atoms with Crippen molar-refractivity contribution >= 4 is 0 Å². The zero-order chi connectivity index (χ0) is 15.5. The van der Waals surface area contributed by atoms with Crippen molar-refractivity contribution in [3.05, 3.63) is 59.3 Å². The average molecular weight is 297 g/mol. The van der Waals surface area contributed by atoms with Gasteiger partial charge in [-0.1, -0.05) is 12.1 Å². The number of halogens is 3. The Morgan fingerprint density at radius 1 is 1.14 bits per heavy atom. The Labute approximate surface area is 120 Å². The van der Waals surface area contributed by atoms with Crippen LogP contribution in [0.2, 0.25) is 0 Å². The zero-order valence-electron chi connectivity index (χ0n) is 11.3. The van der Waals surface area contributed by atoms with Crippen molar-refractivity contribution in [2.75, 3.05) is 7.11 Å². The average Bonchev–Trinajstić information content (AvgIpc) is 2.47. The van der Waals surface area contributed by atoms with Gasteiger partial charge in [-0.2, -0.15) is 13.2 Å². The molecular weight excluding hydrogens is 283 g/mol. The van der Waals surface area contributed by atoms with Gasteiger partial charge in [-0.05, 0) is 29.3 Å². The van der Waals surface area contributed by atoms with Gasteiger partial charge < -0.3 is 9.84 Å². The molecule has 21 heavy (non-hydrogen) atoms. The van der Waals surface area contributed by atoms with Gasteiger partial charge in [-0.25, -0.2) is 4.98 Å². The number of aliphatic hydroxyl groups excluding tert-OH is 1. The van der Waals surface area contributed by atoms with E-state index in [1.54, 1.807) is 12.1 Å². The first-order chi connectivity index (χ1) is 9.90. The van der Waals surface area contributed by atoms with E-state index in [2.05, 4.69) is 4.98 Å². The van der Waals surface area contributed by atoms with Crippen LogP contribution in [0.15, 0.2) is 42.6 Å². The second-order valence-corrected chi connectivity index (χ2v) is 4.55. The molecule has 2 rings (SSSR count). The van der Waals surface area contributed by atoms with E-state index < -0.39 is 17.8 Å². The third-order valence-electron chi connectivity index (χ3n) is 3.06. The maximum absolute atomic E-state index is 12.4. The lowest BCUT2D eigenvalue weighted by molar-refractivity contribution is -0.137. The van der Waals surface area contributed by atoms with Gasteiger partial charge in [0.25, 0.3) is 0 Å². The molecule has 1 atom stereocenters. The Bertz CT molecular complexity index is 579. The molecule has 0 spiro atoms. The fourth-order valence-corrected chi connectivity index (χ4v) is 1.88. The normalized spacial score (nSPS) is 13.0. The molecule has 1 N–H and O–H groups in total. The first-order valence-corrected chi connectivity index (χ1v) is 6.24. The molecule has 112 valence electrons. The molecule has 0 amide bonds. The number of alkyl halides is 3. The lowest BCUT2D eigenvalue weighted by Gasteiger charge is -2.12. The van der Waals surface area contributed by atoms with Gasteiger partial charge in [0.15, 0.2) is 0 Å². The summed E-state index contributed by atoms with van der Waals surface area (Å²) in [6.45, 7) is 0. The van der Waals surface area contributed by atoms with Crippen molar-refractivity contribution in [1.82, 2.24) is 4.98 Å². The van der Waals surface area contributed by atoms with Crippen LogP contribution in [0, 0.1) is 0 Å². The standard InChI is InChI=1S/C15H14F3NO2/c1-21-14-7-4-11(9-19-14)13(20)8-10-2-5-12(6-3-10)15(16,17)18/h2-7,9,13,20H,8H2,1H3. The summed E-state index contributed by atoms with van der Waals surface area (Å²) in [5.41, 5.74) is 0.494. The molecule has 1 unspecified atom stereocenters. The Morgan fingerprint density at radius 2 is 1.81 bits per heavy atom. The zero-order valence-corrected chi connectivity index (χ0v) is 11.3. The summed E-state index contributed by atoms with van der Waals surface area (Å²) < 4.78 is 42.3. The summed E-state index contributed by atoms with van der Waals surface area (Å²) in [5.74, 6) is 0.431. The summed E-state index contributed by atoms with van der Waals surface area (Å²) in [4.78, 5) is 3.98. The predicted molar refractivity (Wildman–Crippen MR) is 70.9 cm³/mol. The fourth-order valence-electron chi connectivity index (χ4n) is 1.88. The van der Waals surface area contributed by atoms with Crippen molar-refractivity contribution in [2.45, 2.75) is 18.7 Å². The second kappa shape index (κ2) is 6.13. The van der Waals surface area contributed by atoms with Crippen LogP contribution in [0.5, 0.6) is 5.88 Å². The molecule has 2 aromatic rings. The molecule has 0 aliphatic carbocycles. The van der Waals surface area contributed by atoms with E-state index in [9.17, 15) is 18.3 Å². The molecule has 6 heteroatoms. The van der Waals surface area contributed by atoms with Gasteiger partial charge in [0, 0.05) is 18.7 Å². The number of pyridine rings is 1. The minimum absolute atomic E-state index is 0.214. The molecular formula is C15H14F3NO2. The predicted octanol–water partition coefficient (Wildman–Crippen LogP) is 3.39. The van der Waals surface area contributed by atoms with E-state index in [0.29, 0.717) is 17.0 Å². The molecule has 1 aromatic heterocycles. The van der Waals surface area contributed by atoms with Crippen LogP contribution in [0.4, 0.5) is 13.2 Å². The van der Waals surface area contributed by atoms with Crippen molar-refractivity contribution in [3.8, 4) is 5.88 Å². The van der Waals surface area contributed by atoms with Crippen molar-refractivity contribution in [3.63, 3.8) is 0 Å². The number of nitrogens with zero attached hydrogens (tertiary/aromatic N) is 1. The molecule has 0 bridgehead atoms. The number of aliphatic hydroxyl groups is 1. The highest BCUT2D eigenvalue weighted by atomic mass is 19.4. The summed E-state index contributed by atoms with van der Waals surface area (Å²) in [6.07, 6.45) is -3.49. The fraction of sp³-hybridized carbons (Fsp3) is 0.267. The molecule has 0 saturated heterocycles. The van der Waals surface area contributed by atoms with Gasteiger partial charge >= 0.3 is 6.18 Å². The van der Waals surface area contributed by atoms with Crippen LogP contribution >= 0.6 is 0 Å². The summed E-state index contributed by atoms with van der Waals surface area (Å²) in [5, 5.41) is 10.1. The number of ether oxygens (including phenoxy) is 1.